The van der Waals surface area contributed by atoms with E-state index in [9.17, 15) is 4.39 Å². The highest BCUT2D eigenvalue weighted by molar-refractivity contribution is 6.33. The molecule has 2 aromatic rings. The minimum absolute atomic E-state index is 0.227. The Morgan fingerprint density at radius 3 is 2.67 bits per heavy atom. The molecule has 6 heteroatoms. The quantitative estimate of drug-likeness (QED) is 0.851. The molecule has 3 nitrogen and oxygen atoms in total. The Bertz CT molecular complexity index is 563. The van der Waals surface area contributed by atoms with Crippen molar-refractivity contribution in [3.63, 3.8) is 0 Å². The SMILES string of the molecule is CCN(c1cccc(F)c1)c1cc(Cl)nnc1Cl. The van der Waals surface area contributed by atoms with Gasteiger partial charge in [-0.3, -0.25) is 0 Å². The summed E-state index contributed by atoms with van der Waals surface area (Å²) in [6, 6.07) is 7.84. The van der Waals surface area contributed by atoms with Gasteiger partial charge in [0.15, 0.2) is 10.3 Å². The van der Waals surface area contributed by atoms with Gasteiger partial charge in [0.2, 0.25) is 0 Å². The normalized spacial score (nSPS) is 10.4. The Hall–Kier alpha value is -1.39. The first-order valence-corrected chi connectivity index (χ1v) is 6.09. The first kappa shape index (κ1) is 13.1. The maximum atomic E-state index is 13.2. The molecule has 0 N–H and O–H groups in total. The van der Waals surface area contributed by atoms with Gasteiger partial charge in [0, 0.05) is 18.3 Å². The molecule has 0 saturated heterocycles. The Balaban J connectivity index is 2.48. The van der Waals surface area contributed by atoms with E-state index in [1.165, 1.54) is 12.1 Å². The number of aromatic nitrogens is 2. The number of benzene rings is 1. The summed E-state index contributed by atoms with van der Waals surface area (Å²) >= 11 is 11.8. The molecule has 0 fully saturated rings. The molecule has 0 saturated carbocycles. The first-order chi connectivity index (χ1) is 8.61. The fourth-order valence-corrected chi connectivity index (χ4v) is 2.00. The van der Waals surface area contributed by atoms with Crippen molar-refractivity contribution >= 4 is 34.6 Å². The molecule has 0 aliphatic rings. The summed E-state index contributed by atoms with van der Waals surface area (Å²) in [7, 11) is 0. The summed E-state index contributed by atoms with van der Waals surface area (Å²) in [6.07, 6.45) is 0. The third kappa shape index (κ3) is 2.71. The summed E-state index contributed by atoms with van der Waals surface area (Å²) < 4.78 is 13.2. The molecule has 18 heavy (non-hydrogen) atoms. The second-order valence-corrected chi connectivity index (χ2v) is 4.31. The van der Waals surface area contributed by atoms with Gasteiger partial charge in [0.1, 0.15) is 5.82 Å². The van der Waals surface area contributed by atoms with Gasteiger partial charge in [0.05, 0.1) is 5.69 Å². The molecule has 0 aliphatic carbocycles. The number of hydrogen-bond acceptors (Lipinski definition) is 3. The second-order valence-electron chi connectivity index (χ2n) is 3.57. The molecule has 94 valence electrons. The molecule has 0 bridgehead atoms. The van der Waals surface area contributed by atoms with E-state index >= 15 is 0 Å². The van der Waals surface area contributed by atoms with E-state index < -0.39 is 0 Å². The predicted octanol–water partition coefficient (Wildman–Crippen LogP) is 4.08. The third-order valence-electron chi connectivity index (χ3n) is 2.43. The van der Waals surface area contributed by atoms with Crippen molar-refractivity contribution in [2.45, 2.75) is 6.92 Å². The van der Waals surface area contributed by atoms with Gasteiger partial charge < -0.3 is 4.90 Å². The van der Waals surface area contributed by atoms with E-state index in [0.29, 0.717) is 17.9 Å². The largest absolute Gasteiger partial charge is 0.339 e. The fourth-order valence-electron chi connectivity index (χ4n) is 1.67. The van der Waals surface area contributed by atoms with Gasteiger partial charge >= 0.3 is 0 Å². The zero-order valence-corrected chi connectivity index (χ0v) is 11.1. The maximum absolute atomic E-state index is 13.2. The third-order valence-corrected chi connectivity index (χ3v) is 2.88. The van der Waals surface area contributed by atoms with E-state index in [-0.39, 0.29) is 16.1 Å². The molecule has 2 rings (SSSR count). The number of halogens is 3. The van der Waals surface area contributed by atoms with Crippen molar-refractivity contribution in [3.05, 3.63) is 46.5 Å². The summed E-state index contributed by atoms with van der Waals surface area (Å²) in [4.78, 5) is 1.81. The highest BCUT2D eigenvalue weighted by atomic mass is 35.5. The lowest BCUT2D eigenvalue weighted by molar-refractivity contribution is 0.627. The minimum atomic E-state index is -0.310. The smallest absolute Gasteiger partial charge is 0.175 e. The molecule has 0 spiro atoms. The maximum Gasteiger partial charge on any atom is 0.175 e. The molecule has 1 heterocycles. The molecular formula is C12H10Cl2FN3. The van der Waals surface area contributed by atoms with Crippen LogP contribution >= 0.6 is 23.2 Å². The minimum Gasteiger partial charge on any atom is -0.339 e. The average Bonchev–Trinajstić information content (AvgIpc) is 2.35. The highest BCUT2D eigenvalue weighted by Gasteiger charge is 2.13. The lowest BCUT2D eigenvalue weighted by atomic mass is 10.2. The van der Waals surface area contributed by atoms with E-state index in [1.807, 2.05) is 11.8 Å². The lowest BCUT2D eigenvalue weighted by Gasteiger charge is -2.23. The summed E-state index contributed by atoms with van der Waals surface area (Å²) in [5.41, 5.74) is 1.29. The van der Waals surface area contributed by atoms with Crippen LogP contribution in [-0.4, -0.2) is 16.7 Å². The van der Waals surface area contributed by atoms with Gasteiger partial charge in [-0.15, -0.1) is 10.2 Å². The Morgan fingerprint density at radius 1 is 1.22 bits per heavy atom. The van der Waals surface area contributed by atoms with Crippen molar-refractivity contribution in [2.75, 3.05) is 11.4 Å². The monoisotopic (exact) mass is 285 g/mol. The van der Waals surface area contributed by atoms with Crippen LogP contribution in [0.5, 0.6) is 0 Å². The van der Waals surface area contributed by atoms with Crippen LogP contribution in [-0.2, 0) is 0 Å². The van der Waals surface area contributed by atoms with E-state index in [2.05, 4.69) is 10.2 Å². The zero-order valence-electron chi connectivity index (χ0n) is 9.57. The van der Waals surface area contributed by atoms with Crippen molar-refractivity contribution in [1.82, 2.24) is 10.2 Å². The van der Waals surface area contributed by atoms with Crippen LogP contribution in [0.4, 0.5) is 15.8 Å². The van der Waals surface area contributed by atoms with Crippen LogP contribution in [0.15, 0.2) is 30.3 Å². The molecule has 1 aromatic carbocycles. The molecule has 0 radical (unpaired) electrons. The Kier molecular flexibility index (Phi) is 3.99. The van der Waals surface area contributed by atoms with Crippen molar-refractivity contribution < 1.29 is 4.39 Å². The molecule has 0 amide bonds. The van der Waals surface area contributed by atoms with Gasteiger partial charge in [-0.2, -0.15) is 0 Å². The molecular weight excluding hydrogens is 276 g/mol. The van der Waals surface area contributed by atoms with Gasteiger partial charge in [0.25, 0.3) is 0 Å². The van der Waals surface area contributed by atoms with E-state index in [0.717, 1.165) is 0 Å². The van der Waals surface area contributed by atoms with Crippen LogP contribution < -0.4 is 4.90 Å². The standard InChI is InChI=1S/C12H10Cl2FN3/c1-2-18(9-5-3-4-8(15)6-9)10-7-11(13)16-17-12(10)14/h3-7H,2H2,1H3. The van der Waals surface area contributed by atoms with Crippen molar-refractivity contribution in [3.8, 4) is 0 Å². The Labute approximate surface area is 114 Å². The summed E-state index contributed by atoms with van der Waals surface area (Å²) in [6.45, 7) is 2.53. The second kappa shape index (κ2) is 5.50. The molecule has 1 aromatic heterocycles. The van der Waals surface area contributed by atoms with Crippen LogP contribution in [0.2, 0.25) is 10.3 Å². The van der Waals surface area contributed by atoms with Crippen molar-refractivity contribution in [1.29, 1.82) is 0 Å². The van der Waals surface area contributed by atoms with Crippen LogP contribution in [0.3, 0.4) is 0 Å². The van der Waals surface area contributed by atoms with Crippen LogP contribution in [0.1, 0.15) is 6.92 Å². The molecule has 0 unspecified atom stereocenters. The van der Waals surface area contributed by atoms with Gasteiger partial charge in [-0.25, -0.2) is 4.39 Å². The van der Waals surface area contributed by atoms with E-state index in [4.69, 9.17) is 23.2 Å². The number of rotatable bonds is 3. The number of nitrogens with zero attached hydrogens (tertiary/aromatic N) is 3. The first-order valence-electron chi connectivity index (χ1n) is 5.33. The van der Waals surface area contributed by atoms with Gasteiger partial charge in [-0.1, -0.05) is 29.3 Å². The topological polar surface area (TPSA) is 29.0 Å². The fraction of sp³-hybridized carbons (Fsp3) is 0.167. The van der Waals surface area contributed by atoms with Crippen molar-refractivity contribution in [2.24, 2.45) is 0 Å². The highest BCUT2D eigenvalue weighted by Crippen LogP contribution is 2.31. The zero-order chi connectivity index (χ0) is 13.1. The molecule has 0 aliphatic heterocycles. The van der Waals surface area contributed by atoms with Gasteiger partial charge in [-0.05, 0) is 25.1 Å². The molecule has 0 atom stereocenters. The number of anilines is 2. The van der Waals surface area contributed by atoms with Crippen LogP contribution in [0.25, 0.3) is 0 Å². The Morgan fingerprint density at radius 2 is 2.00 bits per heavy atom. The van der Waals surface area contributed by atoms with Crippen LogP contribution in [0, 0.1) is 5.82 Å². The summed E-state index contributed by atoms with van der Waals surface area (Å²) in [5, 5.41) is 7.86. The average molecular weight is 286 g/mol. The predicted molar refractivity (Wildman–Crippen MR) is 71.1 cm³/mol. The lowest BCUT2D eigenvalue weighted by Crippen LogP contribution is -2.17. The van der Waals surface area contributed by atoms with E-state index in [1.54, 1.807) is 18.2 Å². The number of hydrogen-bond donors (Lipinski definition) is 0. The summed E-state index contributed by atoms with van der Waals surface area (Å²) in [5.74, 6) is -0.310.